The molecule has 16 heavy (non-hydrogen) atoms. The third kappa shape index (κ3) is 2.28. The number of nitrogens with zero attached hydrogens (tertiary/aromatic N) is 3. The van der Waals surface area contributed by atoms with Crippen LogP contribution >= 0.6 is 0 Å². The summed E-state index contributed by atoms with van der Waals surface area (Å²) < 4.78 is 2.10. The minimum absolute atomic E-state index is 0.654. The smallest absolute Gasteiger partial charge is 0.122 e. The first kappa shape index (κ1) is 11.6. The van der Waals surface area contributed by atoms with Crippen LogP contribution in [0, 0.1) is 5.92 Å². The van der Waals surface area contributed by atoms with E-state index in [4.69, 9.17) is 0 Å². The predicted molar refractivity (Wildman–Crippen MR) is 65.1 cm³/mol. The number of rotatable bonds is 4. The maximum atomic E-state index is 4.38. The second-order valence-electron chi connectivity index (χ2n) is 4.76. The van der Waals surface area contributed by atoms with E-state index in [0.717, 1.165) is 31.4 Å². The zero-order valence-electron chi connectivity index (χ0n) is 10.5. The Bertz CT molecular complexity index is 334. The van der Waals surface area contributed by atoms with E-state index in [1.54, 1.807) is 0 Å². The largest absolute Gasteiger partial charge is 0.337 e. The summed E-state index contributed by atoms with van der Waals surface area (Å²) in [5, 5.41) is 3.48. The lowest BCUT2D eigenvalue weighted by Crippen LogP contribution is -2.37. The molecule has 1 saturated heterocycles. The molecule has 4 heteroatoms. The molecule has 0 amide bonds. The topological polar surface area (TPSA) is 33.1 Å². The SMILES string of the molecule is CCC1CNCC1N(C)Cc1nccn1C. The van der Waals surface area contributed by atoms with Crippen LogP contribution in [0.3, 0.4) is 0 Å². The molecule has 2 unspecified atom stereocenters. The van der Waals surface area contributed by atoms with Crippen molar-refractivity contribution in [3.05, 3.63) is 18.2 Å². The molecule has 1 aliphatic rings. The highest BCUT2D eigenvalue weighted by molar-refractivity contribution is 4.94. The standard InChI is InChI=1S/C12H22N4/c1-4-10-7-13-8-11(10)16(3)9-12-14-5-6-15(12)2/h5-6,10-11,13H,4,7-9H2,1-3H3. The van der Waals surface area contributed by atoms with Gasteiger partial charge in [0.15, 0.2) is 0 Å². The predicted octanol–water partition coefficient (Wildman–Crippen LogP) is 0.850. The van der Waals surface area contributed by atoms with Crippen molar-refractivity contribution in [3.8, 4) is 0 Å². The van der Waals surface area contributed by atoms with Crippen LogP contribution in [0.2, 0.25) is 0 Å². The molecular formula is C12H22N4. The molecule has 1 aromatic rings. The summed E-state index contributed by atoms with van der Waals surface area (Å²) in [6.07, 6.45) is 5.13. The van der Waals surface area contributed by atoms with Crippen LogP contribution in [0.1, 0.15) is 19.2 Å². The van der Waals surface area contributed by atoms with Gasteiger partial charge >= 0.3 is 0 Å². The molecule has 0 saturated carbocycles. The van der Waals surface area contributed by atoms with E-state index in [1.807, 2.05) is 12.4 Å². The maximum absolute atomic E-state index is 4.38. The first-order chi connectivity index (χ1) is 7.72. The van der Waals surface area contributed by atoms with E-state index in [9.17, 15) is 0 Å². The van der Waals surface area contributed by atoms with Crippen molar-refractivity contribution in [2.75, 3.05) is 20.1 Å². The zero-order chi connectivity index (χ0) is 11.5. The lowest BCUT2D eigenvalue weighted by molar-refractivity contribution is 0.195. The number of aryl methyl sites for hydroxylation is 1. The molecule has 0 bridgehead atoms. The monoisotopic (exact) mass is 222 g/mol. The fourth-order valence-electron chi connectivity index (χ4n) is 2.54. The molecule has 4 nitrogen and oxygen atoms in total. The van der Waals surface area contributed by atoms with E-state index in [-0.39, 0.29) is 0 Å². The lowest BCUT2D eigenvalue weighted by Gasteiger charge is -2.27. The second kappa shape index (κ2) is 4.97. The van der Waals surface area contributed by atoms with Gasteiger partial charge in [0.05, 0.1) is 6.54 Å². The van der Waals surface area contributed by atoms with Gasteiger partial charge in [-0.2, -0.15) is 0 Å². The molecular weight excluding hydrogens is 200 g/mol. The van der Waals surface area contributed by atoms with Crippen molar-refractivity contribution in [3.63, 3.8) is 0 Å². The van der Waals surface area contributed by atoms with E-state index < -0.39 is 0 Å². The molecule has 1 fully saturated rings. The van der Waals surface area contributed by atoms with E-state index in [2.05, 4.69) is 40.8 Å². The summed E-state index contributed by atoms with van der Waals surface area (Å²) >= 11 is 0. The average molecular weight is 222 g/mol. The van der Waals surface area contributed by atoms with Gasteiger partial charge in [-0.05, 0) is 19.5 Å². The minimum Gasteiger partial charge on any atom is -0.337 e. The highest BCUT2D eigenvalue weighted by Crippen LogP contribution is 2.19. The Kier molecular flexibility index (Phi) is 3.61. The van der Waals surface area contributed by atoms with Crippen LogP contribution in [-0.4, -0.2) is 40.6 Å². The average Bonchev–Trinajstić information content (AvgIpc) is 2.87. The van der Waals surface area contributed by atoms with Gasteiger partial charge in [0, 0.05) is 32.0 Å². The summed E-state index contributed by atoms with van der Waals surface area (Å²) in [5.74, 6) is 1.93. The van der Waals surface area contributed by atoms with Crippen LogP contribution in [0.25, 0.3) is 0 Å². The van der Waals surface area contributed by atoms with Gasteiger partial charge in [0.25, 0.3) is 0 Å². The number of likely N-dealkylation sites (N-methyl/N-ethyl adjacent to an activating group) is 1. The molecule has 2 heterocycles. The molecule has 0 aromatic carbocycles. The number of nitrogens with one attached hydrogen (secondary N) is 1. The quantitative estimate of drug-likeness (QED) is 0.820. The molecule has 0 aliphatic carbocycles. The number of hydrogen-bond donors (Lipinski definition) is 1. The van der Waals surface area contributed by atoms with Gasteiger partial charge in [-0.15, -0.1) is 0 Å². The molecule has 0 spiro atoms. The van der Waals surface area contributed by atoms with Crippen molar-refractivity contribution in [2.24, 2.45) is 13.0 Å². The third-order valence-electron chi connectivity index (χ3n) is 3.71. The van der Waals surface area contributed by atoms with Crippen LogP contribution in [0.15, 0.2) is 12.4 Å². The summed E-state index contributed by atoms with van der Waals surface area (Å²) in [6.45, 7) is 5.48. The molecule has 2 atom stereocenters. The first-order valence-electron chi connectivity index (χ1n) is 6.09. The molecule has 1 N–H and O–H groups in total. The normalized spacial score (nSPS) is 25.5. The fraction of sp³-hybridized carbons (Fsp3) is 0.750. The summed E-state index contributed by atoms with van der Waals surface area (Å²) in [4.78, 5) is 6.81. The van der Waals surface area contributed by atoms with Gasteiger partial charge < -0.3 is 9.88 Å². The van der Waals surface area contributed by atoms with E-state index >= 15 is 0 Å². The molecule has 2 rings (SSSR count). The molecule has 1 aromatic heterocycles. The van der Waals surface area contributed by atoms with Crippen molar-refractivity contribution in [1.82, 2.24) is 19.8 Å². The summed E-state index contributed by atoms with van der Waals surface area (Å²) in [6, 6.07) is 0.654. The summed E-state index contributed by atoms with van der Waals surface area (Å²) in [5.41, 5.74) is 0. The van der Waals surface area contributed by atoms with Crippen LogP contribution in [-0.2, 0) is 13.6 Å². The zero-order valence-corrected chi connectivity index (χ0v) is 10.5. The number of hydrogen-bond acceptors (Lipinski definition) is 3. The van der Waals surface area contributed by atoms with Crippen LogP contribution in [0.5, 0.6) is 0 Å². The van der Waals surface area contributed by atoms with Crippen molar-refractivity contribution >= 4 is 0 Å². The van der Waals surface area contributed by atoms with Gasteiger partial charge in [-0.3, -0.25) is 4.90 Å². The highest BCUT2D eigenvalue weighted by Gasteiger charge is 2.29. The van der Waals surface area contributed by atoms with E-state index in [1.165, 1.54) is 6.42 Å². The van der Waals surface area contributed by atoms with Crippen molar-refractivity contribution in [2.45, 2.75) is 25.9 Å². The van der Waals surface area contributed by atoms with Gasteiger partial charge in [-0.25, -0.2) is 4.98 Å². The van der Waals surface area contributed by atoms with Crippen molar-refractivity contribution < 1.29 is 0 Å². The molecule has 1 aliphatic heterocycles. The Morgan fingerprint density at radius 3 is 3.00 bits per heavy atom. The third-order valence-corrected chi connectivity index (χ3v) is 3.71. The van der Waals surface area contributed by atoms with E-state index in [0.29, 0.717) is 6.04 Å². The van der Waals surface area contributed by atoms with Gasteiger partial charge in [0.1, 0.15) is 5.82 Å². The Balaban J connectivity index is 1.97. The van der Waals surface area contributed by atoms with Gasteiger partial charge in [-0.1, -0.05) is 13.3 Å². The van der Waals surface area contributed by atoms with Crippen LogP contribution < -0.4 is 5.32 Å². The molecule has 90 valence electrons. The van der Waals surface area contributed by atoms with Crippen LogP contribution in [0.4, 0.5) is 0 Å². The maximum Gasteiger partial charge on any atom is 0.122 e. The second-order valence-corrected chi connectivity index (χ2v) is 4.76. The minimum atomic E-state index is 0.654. The first-order valence-corrected chi connectivity index (χ1v) is 6.09. The Morgan fingerprint density at radius 2 is 2.38 bits per heavy atom. The Labute approximate surface area is 97.7 Å². The highest BCUT2D eigenvalue weighted by atomic mass is 15.2. The lowest BCUT2D eigenvalue weighted by atomic mass is 10.00. The fourth-order valence-corrected chi connectivity index (χ4v) is 2.54. The summed E-state index contributed by atoms with van der Waals surface area (Å²) in [7, 11) is 4.26. The number of aromatic nitrogens is 2. The Morgan fingerprint density at radius 1 is 1.56 bits per heavy atom. The van der Waals surface area contributed by atoms with Gasteiger partial charge in [0.2, 0.25) is 0 Å². The molecule has 0 radical (unpaired) electrons. The Hall–Kier alpha value is -0.870. The number of imidazole rings is 1. The van der Waals surface area contributed by atoms with Crippen molar-refractivity contribution in [1.29, 1.82) is 0 Å².